The fourth-order valence-corrected chi connectivity index (χ4v) is 9.08. The average molecular weight is 820 g/mol. The Labute approximate surface area is 365 Å². The highest BCUT2D eigenvalue weighted by Crippen LogP contribution is 2.43. The lowest BCUT2D eigenvalue weighted by atomic mass is 9.98. The molecule has 0 saturated heterocycles. The Balaban J connectivity index is 1.22. The molecule has 10 aromatic rings. The Bertz CT molecular complexity index is 3260. The largest absolute Gasteiger partial charge is 0.378 e. The number of hydrogen-bond acceptors (Lipinski definition) is 6. The van der Waals surface area contributed by atoms with E-state index >= 15 is 0 Å². The zero-order chi connectivity index (χ0) is 43.7. The Morgan fingerprint density at radius 1 is 0.270 bits per heavy atom. The molecule has 0 saturated carbocycles. The molecule has 63 heavy (non-hydrogen) atoms. The Morgan fingerprint density at radius 3 is 0.730 bits per heavy atom. The van der Waals surface area contributed by atoms with Crippen molar-refractivity contribution in [2.75, 3.05) is 57.0 Å². The Morgan fingerprint density at radius 2 is 0.492 bits per heavy atom. The molecule has 0 radical (unpaired) electrons. The summed E-state index contributed by atoms with van der Waals surface area (Å²) in [4.78, 5) is 50.7. The maximum absolute atomic E-state index is 14.9. The molecule has 6 heteroatoms. The molecule has 10 aromatic carbocycles. The zero-order valence-electron chi connectivity index (χ0n) is 36.2. The maximum atomic E-state index is 14.9. The molecule has 0 amide bonds. The van der Waals surface area contributed by atoms with Crippen molar-refractivity contribution >= 4 is 118 Å². The molecule has 0 bridgehead atoms. The molecule has 0 N–H and O–H groups in total. The van der Waals surface area contributed by atoms with E-state index in [1.807, 2.05) is 115 Å². The Hall–Kier alpha value is -7.83. The van der Waals surface area contributed by atoms with Gasteiger partial charge < -0.3 is 14.7 Å². The summed E-state index contributed by atoms with van der Waals surface area (Å²) in [6, 6.07) is 42.4. The van der Waals surface area contributed by atoms with E-state index in [-0.39, 0.29) is 16.3 Å². The summed E-state index contributed by atoms with van der Waals surface area (Å²) in [5.41, 5.74) is 8.64. The van der Waals surface area contributed by atoms with Crippen molar-refractivity contribution in [1.29, 1.82) is 0 Å². The van der Waals surface area contributed by atoms with Crippen LogP contribution in [0.2, 0.25) is 0 Å². The number of hydrogen-bond donors (Lipinski definition) is 0. The van der Waals surface area contributed by atoms with E-state index in [4.69, 9.17) is 0 Å². The molecule has 0 fully saturated rings. The molecule has 0 unspecified atom stereocenters. The second kappa shape index (κ2) is 15.3. The highest BCUT2D eigenvalue weighted by atomic mass is 16.1. The van der Waals surface area contributed by atoms with Crippen LogP contribution in [-0.2, 0) is 0 Å². The molecule has 0 spiro atoms. The zero-order valence-corrected chi connectivity index (χ0v) is 36.2. The van der Waals surface area contributed by atoms with Crippen molar-refractivity contribution in [3.8, 4) is 0 Å². The van der Waals surface area contributed by atoms with Crippen molar-refractivity contribution in [1.82, 2.24) is 0 Å². The van der Waals surface area contributed by atoms with E-state index in [1.54, 1.807) is 0 Å². The van der Waals surface area contributed by atoms with Gasteiger partial charge in [0.2, 0.25) is 0 Å². The van der Waals surface area contributed by atoms with Crippen LogP contribution >= 0.6 is 0 Å². The first-order chi connectivity index (χ1) is 30.4. The third-order valence-corrected chi connectivity index (χ3v) is 12.5. The van der Waals surface area contributed by atoms with Gasteiger partial charge >= 0.3 is 0 Å². The van der Waals surface area contributed by atoms with Crippen LogP contribution in [0.15, 0.2) is 142 Å². The molecule has 306 valence electrons. The van der Waals surface area contributed by atoms with Crippen LogP contribution in [0.25, 0.3) is 101 Å². The van der Waals surface area contributed by atoms with Gasteiger partial charge in [-0.2, -0.15) is 0 Å². The van der Waals surface area contributed by atoms with Crippen LogP contribution < -0.4 is 31.0 Å². The normalized spacial score (nSPS) is 12.3. The van der Waals surface area contributed by atoms with Gasteiger partial charge in [0.05, 0.1) is 0 Å². The summed E-state index contributed by atoms with van der Waals surface area (Å²) in [6.07, 6.45) is 12.3. The SMILES string of the molecule is CN(C)c1ccc(/C=C/c2ccc3c(=O)c4c(c3c2)c2c(=O)c3ccc(/C=C/c5ccc(N(C)C)cc5)cc3c2c2c(=O)c3ccc(/C=C/c5ccc(N(C)C)cc5)cc3c42)cc1. The third kappa shape index (κ3) is 6.72. The highest BCUT2D eigenvalue weighted by molar-refractivity contribution is 6.43. The minimum absolute atomic E-state index is 0.177. The van der Waals surface area contributed by atoms with E-state index in [9.17, 15) is 14.4 Å². The Kier molecular flexibility index (Phi) is 9.52. The lowest BCUT2D eigenvalue weighted by molar-refractivity contribution is 1.13. The second-order valence-corrected chi connectivity index (χ2v) is 17.1. The summed E-state index contributed by atoms with van der Waals surface area (Å²) >= 11 is 0. The molecule has 6 nitrogen and oxygen atoms in total. The first kappa shape index (κ1) is 39.3. The van der Waals surface area contributed by atoms with Gasteiger partial charge in [-0.25, -0.2) is 0 Å². The predicted molar refractivity (Wildman–Crippen MR) is 273 cm³/mol. The lowest BCUT2D eigenvalue weighted by Crippen LogP contribution is -2.07. The molecule has 10 rings (SSSR count). The molecule has 0 aliphatic heterocycles. The monoisotopic (exact) mass is 819 g/mol. The molecule has 0 aliphatic rings. The summed E-state index contributed by atoms with van der Waals surface area (Å²) in [5, 5.41) is 6.80. The number of anilines is 3. The van der Waals surface area contributed by atoms with Crippen LogP contribution in [0, 0.1) is 0 Å². The number of fused-ring (bicyclic) bond motifs is 12. The quantitative estimate of drug-likeness (QED) is 0.135. The number of rotatable bonds is 9. The second-order valence-electron chi connectivity index (χ2n) is 17.1. The van der Waals surface area contributed by atoms with E-state index in [1.165, 1.54) is 0 Å². The van der Waals surface area contributed by atoms with Gasteiger partial charge in [0, 0.05) is 108 Å². The lowest BCUT2D eigenvalue weighted by Gasteiger charge is -2.11. The topological polar surface area (TPSA) is 60.9 Å². The number of benzene rings is 7. The van der Waals surface area contributed by atoms with Crippen LogP contribution in [0.3, 0.4) is 0 Å². The standard InChI is InChI=1S/C57H45N3O3/c1-58(2)40-22-13-34(14-23-40)7-10-37-19-28-43-46(31-37)49-52(55(43)61)50-48-33-39(12-9-36-17-26-42(27-18-36)60(5)6)21-30-45(48)57(63)54(50)51-47-32-38(20-29-44(47)56(62)53(49)51)11-8-35-15-24-41(25-16-35)59(3)4/h7-33H,1-6H3/b10-7+,11-8+,12-9+. The smallest absolute Gasteiger partial charge is 0.194 e. The fraction of sp³-hybridized carbons (Fsp3) is 0.105. The first-order valence-corrected chi connectivity index (χ1v) is 21.1. The minimum Gasteiger partial charge on any atom is -0.378 e. The molecular formula is C57H45N3O3. The molecule has 0 aromatic heterocycles. The third-order valence-electron chi connectivity index (χ3n) is 12.5. The van der Waals surface area contributed by atoms with Crippen LogP contribution in [0.5, 0.6) is 0 Å². The summed E-state index contributed by atoms with van der Waals surface area (Å²) in [7, 11) is 12.1. The van der Waals surface area contributed by atoms with Crippen LogP contribution in [-0.4, -0.2) is 42.3 Å². The van der Waals surface area contributed by atoms with E-state index in [0.29, 0.717) is 64.6 Å². The first-order valence-electron chi connectivity index (χ1n) is 21.1. The van der Waals surface area contributed by atoms with Gasteiger partial charge in [0.1, 0.15) is 0 Å². The van der Waals surface area contributed by atoms with Gasteiger partial charge in [0.15, 0.2) is 16.3 Å². The number of nitrogens with zero attached hydrogens (tertiary/aromatic N) is 3. The highest BCUT2D eigenvalue weighted by Gasteiger charge is 2.27. The summed E-state index contributed by atoms with van der Waals surface area (Å²) < 4.78 is 0. The molecule has 0 heterocycles. The van der Waals surface area contributed by atoms with Gasteiger partial charge in [-0.1, -0.05) is 91.1 Å². The van der Waals surface area contributed by atoms with E-state index < -0.39 is 0 Å². The summed E-state index contributed by atoms with van der Waals surface area (Å²) in [5.74, 6) is 0. The molecule has 0 aliphatic carbocycles. The summed E-state index contributed by atoms with van der Waals surface area (Å²) in [6.45, 7) is 0. The van der Waals surface area contributed by atoms with Gasteiger partial charge in [-0.3, -0.25) is 14.4 Å². The average Bonchev–Trinajstić information content (AvgIpc) is 3.86. The van der Waals surface area contributed by atoms with E-state index in [0.717, 1.165) is 50.4 Å². The maximum Gasteiger partial charge on any atom is 0.194 e. The van der Waals surface area contributed by atoms with Crippen molar-refractivity contribution in [2.24, 2.45) is 0 Å². The van der Waals surface area contributed by atoms with Crippen molar-refractivity contribution in [3.63, 3.8) is 0 Å². The van der Waals surface area contributed by atoms with Gasteiger partial charge in [-0.15, -0.1) is 0 Å². The minimum atomic E-state index is -0.177. The molecule has 0 atom stereocenters. The van der Waals surface area contributed by atoms with Crippen LogP contribution in [0.4, 0.5) is 17.1 Å². The molecular weight excluding hydrogens is 775 g/mol. The fourth-order valence-electron chi connectivity index (χ4n) is 9.08. The van der Waals surface area contributed by atoms with Crippen molar-refractivity contribution in [2.45, 2.75) is 0 Å². The predicted octanol–water partition coefficient (Wildman–Crippen LogP) is 11.7. The van der Waals surface area contributed by atoms with Crippen molar-refractivity contribution < 1.29 is 0 Å². The van der Waals surface area contributed by atoms with E-state index in [2.05, 4.69) is 106 Å². The van der Waals surface area contributed by atoms with Gasteiger partial charge in [-0.05, 0) is 122 Å². The van der Waals surface area contributed by atoms with Crippen molar-refractivity contribution in [3.05, 3.63) is 191 Å². The van der Waals surface area contributed by atoms with Gasteiger partial charge in [0.25, 0.3) is 0 Å². The van der Waals surface area contributed by atoms with Crippen LogP contribution in [0.1, 0.15) is 33.4 Å².